The molecule has 19 heteroatoms. The summed E-state index contributed by atoms with van der Waals surface area (Å²) < 4.78 is 68.5. The number of hydrogen-bond acceptors (Lipinski definition) is 15. The van der Waals surface area contributed by atoms with Gasteiger partial charge in [-0.3, -0.25) is 37.3 Å². The predicted molar refractivity (Wildman–Crippen MR) is 381 cm³/mol. The topological polar surface area (TPSA) is 237 Å². The normalized spacial score (nSPS) is 14.7. The molecule has 0 saturated heterocycles. The maximum Gasteiger partial charge on any atom is 0.472 e. The Balaban J connectivity index is 5.27. The molecule has 0 fully saturated rings. The van der Waals surface area contributed by atoms with Crippen LogP contribution in [0, 0.1) is 17.8 Å². The Morgan fingerprint density at radius 1 is 0.309 bits per heavy atom. The van der Waals surface area contributed by atoms with E-state index in [1.807, 2.05) is 0 Å². The van der Waals surface area contributed by atoms with Crippen LogP contribution in [0.3, 0.4) is 0 Å². The van der Waals surface area contributed by atoms with Crippen molar-refractivity contribution in [2.24, 2.45) is 17.8 Å². The second-order valence-corrected chi connectivity index (χ2v) is 30.9. The summed E-state index contributed by atoms with van der Waals surface area (Å²) in [7, 11) is -9.91. The van der Waals surface area contributed by atoms with Crippen LogP contribution in [-0.4, -0.2) is 96.7 Å². The van der Waals surface area contributed by atoms with Gasteiger partial charge in [-0.1, -0.05) is 331 Å². The third kappa shape index (κ3) is 66.0. The fraction of sp³-hybridized carbons (Fsp3) is 0.947. The number of phosphoric acid groups is 2. The van der Waals surface area contributed by atoms with Crippen molar-refractivity contribution in [3.8, 4) is 0 Å². The van der Waals surface area contributed by atoms with Gasteiger partial charge < -0.3 is 33.8 Å². The van der Waals surface area contributed by atoms with Gasteiger partial charge in [0.1, 0.15) is 19.3 Å². The largest absolute Gasteiger partial charge is 0.472 e. The molecule has 0 amide bonds. The number of esters is 4. The maximum atomic E-state index is 13.1. The van der Waals surface area contributed by atoms with E-state index in [-0.39, 0.29) is 25.7 Å². The molecule has 0 heterocycles. The van der Waals surface area contributed by atoms with E-state index in [2.05, 4.69) is 48.5 Å². The number of phosphoric ester groups is 2. The lowest BCUT2D eigenvalue weighted by Gasteiger charge is -2.21. The highest BCUT2D eigenvalue weighted by Gasteiger charge is 2.30. The van der Waals surface area contributed by atoms with Crippen molar-refractivity contribution in [2.45, 2.75) is 401 Å². The van der Waals surface area contributed by atoms with Crippen LogP contribution in [0.4, 0.5) is 0 Å². The van der Waals surface area contributed by atoms with Gasteiger partial charge in [-0.2, -0.15) is 0 Å². The Hall–Kier alpha value is -1.94. The summed E-state index contributed by atoms with van der Waals surface area (Å²) in [4.78, 5) is 72.8. The lowest BCUT2D eigenvalue weighted by atomic mass is 9.99. The van der Waals surface area contributed by atoms with Crippen LogP contribution in [0.1, 0.15) is 382 Å². The SMILES string of the molecule is CCCCCCCCCCCCC(=O)OC[C@H](COP(=O)(O)OC[C@H](O)COP(=O)(O)OC[C@@H](COC(=O)CCCCCCCCCCCCC(C)CC)OC(=O)CCCCCCCCCCCCCCCC(C)C)OC(=O)CCCCCCCCCCCCC(C)CC. The van der Waals surface area contributed by atoms with Gasteiger partial charge in [0.25, 0.3) is 0 Å². The number of aliphatic hydroxyl groups excluding tert-OH is 1. The third-order valence-electron chi connectivity index (χ3n) is 18.1. The van der Waals surface area contributed by atoms with Crippen molar-refractivity contribution >= 4 is 39.5 Å². The van der Waals surface area contributed by atoms with Gasteiger partial charge in [0.2, 0.25) is 0 Å². The highest BCUT2D eigenvalue weighted by atomic mass is 31.2. The lowest BCUT2D eigenvalue weighted by Crippen LogP contribution is -2.30. The zero-order valence-corrected chi connectivity index (χ0v) is 63.2. The minimum absolute atomic E-state index is 0.106. The number of aliphatic hydroxyl groups is 1. The Morgan fingerprint density at radius 3 is 0.809 bits per heavy atom. The first-order valence-electron chi connectivity index (χ1n) is 38.9. The van der Waals surface area contributed by atoms with E-state index >= 15 is 0 Å². The molecule has 0 aromatic rings. The van der Waals surface area contributed by atoms with Crippen LogP contribution >= 0.6 is 15.6 Å². The van der Waals surface area contributed by atoms with E-state index in [0.717, 1.165) is 108 Å². The first-order valence-corrected chi connectivity index (χ1v) is 41.9. The summed E-state index contributed by atoms with van der Waals surface area (Å²) in [5.74, 6) is 0.281. The Morgan fingerprint density at radius 2 is 0.543 bits per heavy atom. The number of rotatable bonds is 73. The second-order valence-electron chi connectivity index (χ2n) is 28.0. The average Bonchev–Trinajstić information content (AvgIpc) is 1.43. The van der Waals surface area contributed by atoms with E-state index < -0.39 is 97.5 Å². The highest BCUT2D eigenvalue weighted by molar-refractivity contribution is 7.47. The molecule has 0 spiro atoms. The molecule has 0 aromatic carbocycles. The van der Waals surface area contributed by atoms with Crippen molar-refractivity contribution in [1.82, 2.24) is 0 Å². The summed E-state index contributed by atoms with van der Waals surface area (Å²) in [5, 5.41) is 10.6. The molecule has 0 rings (SSSR count). The van der Waals surface area contributed by atoms with Crippen molar-refractivity contribution < 1.29 is 80.2 Å². The predicted octanol–water partition coefficient (Wildman–Crippen LogP) is 21.8. The molecule has 0 aliphatic rings. The van der Waals surface area contributed by atoms with E-state index in [1.165, 1.54) is 193 Å². The van der Waals surface area contributed by atoms with Crippen molar-refractivity contribution in [3.63, 3.8) is 0 Å². The molecule has 17 nitrogen and oxygen atoms in total. The van der Waals surface area contributed by atoms with Gasteiger partial charge >= 0.3 is 39.5 Å². The highest BCUT2D eigenvalue weighted by Crippen LogP contribution is 2.45. The molecule has 0 aromatic heterocycles. The second kappa shape index (κ2) is 65.7. The molecule has 558 valence electrons. The maximum absolute atomic E-state index is 13.1. The van der Waals surface area contributed by atoms with Crippen LogP contribution in [0.25, 0.3) is 0 Å². The summed E-state index contributed by atoms with van der Waals surface area (Å²) in [5.41, 5.74) is 0. The molecule has 0 radical (unpaired) electrons. The van der Waals surface area contributed by atoms with Gasteiger partial charge in [0.15, 0.2) is 12.2 Å². The molecule has 0 aliphatic heterocycles. The number of unbranched alkanes of at least 4 members (excludes halogenated alkanes) is 39. The van der Waals surface area contributed by atoms with Gasteiger partial charge in [-0.25, -0.2) is 9.13 Å². The molecule has 94 heavy (non-hydrogen) atoms. The monoisotopic (exact) mass is 1380 g/mol. The van der Waals surface area contributed by atoms with Crippen LogP contribution < -0.4 is 0 Å². The Kier molecular flexibility index (Phi) is 64.3. The summed E-state index contributed by atoms with van der Waals surface area (Å²) >= 11 is 0. The Bertz CT molecular complexity index is 1840. The molecule has 0 saturated carbocycles. The number of ether oxygens (including phenoxy) is 4. The summed E-state index contributed by atoms with van der Waals surface area (Å²) in [6.45, 7) is 12.0. The molecular weight excluding hydrogens is 1230 g/mol. The third-order valence-corrected chi connectivity index (χ3v) is 20.0. The molecule has 3 N–H and O–H groups in total. The molecule has 7 atom stereocenters. The number of carbonyl (C=O) groups excluding carboxylic acids is 4. The van der Waals surface area contributed by atoms with Gasteiger partial charge in [-0.15, -0.1) is 0 Å². The molecule has 0 bridgehead atoms. The van der Waals surface area contributed by atoms with Crippen molar-refractivity contribution in [1.29, 1.82) is 0 Å². The van der Waals surface area contributed by atoms with Crippen LogP contribution in [0.2, 0.25) is 0 Å². The van der Waals surface area contributed by atoms with Crippen LogP contribution in [0.5, 0.6) is 0 Å². The van der Waals surface area contributed by atoms with Crippen LogP contribution in [0.15, 0.2) is 0 Å². The first kappa shape index (κ1) is 92.1. The standard InChI is InChI=1S/C75H146O17P2/c1-8-11-12-13-14-15-28-35-42-49-56-72(77)85-62-70(92-75(80)59-52-45-38-31-24-22-27-34-41-48-55-68(7)10-3)64-89-93(81,82)87-60-69(76)61-88-94(83,84)90-65-71(63-86-73(78)57-50-43-36-29-23-21-26-33-40-47-54-67(6)9-2)91-74(79)58-51-44-37-30-20-18-16-17-19-25-32-39-46-53-66(4)5/h66-71,76H,8-65H2,1-7H3,(H,81,82)(H,83,84)/t67?,68?,69-,70+,71+/m0/s1. The smallest absolute Gasteiger partial charge is 0.462 e. The average molecular weight is 1380 g/mol. The Labute approximate surface area is 575 Å². The quantitative estimate of drug-likeness (QED) is 0.0222. The molecular formula is C75H146O17P2. The fourth-order valence-corrected chi connectivity index (χ4v) is 12.9. The van der Waals surface area contributed by atoms with E-state index in [4.69, 9.17) is 37.0 Å². The van der Waals surface area contributed by atoms with E-state index in [9.17, 15) is 43.2 Å². The molecule has 0 aliphatic carbocycles. The van der Waals surface area contributed by atoms with Gasteiger partial charge in [-0.05, 0) is 43.4 Å². The van der Waals surface area contributed by atoms with Gasteiger partial charge in [0, 0.05) is 25.7 Å². The number of hydrogen-bond donors (Lipinski definition) is 3. The van der Waals surface area contributed by atoms with Gasteiger partial charge in [0.05, 0.1) is 26.4 Å². The van der Waals surface area contributed by atoms with E-state index in [1.54, 1.807) is 0 Å². The fourth-order valence-electron chi connectivity index (χ4n) is 11.4. The molecule has 4 unspecified atom stereocenters. The van der Waals surface area contributed by atoms with Crippen molar-refractivity contribution in [3.05, 3.63) is 0 Å². The van der Waals surface area contributed by atoms with E-state index in [0.29, 0.717) is 25.7 Å². The van der Waals surface area contributed by atoms with Crippen LogP contribution in [-0.2, 0) is 65.4 Å². The first-order chi connectivity index (χ1) is 45.3. The summed E-state index contributed by atoms with van der Waals surface area (Å²) in [6.07, 6.45) is 51.0. The van der Waals surface area contributed by atoms with Crippen molar-refractivity contribution in [2.75, 3.05) is 39.6 Å². The number of carbonyl (C=O) groups is 4. The zero-order valence-electron chi connectivity index (χ0n) is 61.4. The zero-order chi connectivity index (χ0) is 69.4. The summed E-state index contributed by atoms with van der Waals surface area (Å²) in [6, 6.07) is 0. The lowest BCUT2D eigenvalue weighted by molar-refractivity contribution is -0.161. The minimum atomic E-state index is -4.96. The minimum Gasteiger partial charge on any atom is -0.462 e.